The van der Waals surface area contributed by atoms with Gasteiger partial charge in [0.1, 0.15) is 23.3 Å². The number of rotatable bonds is 8. The molecule has 3 aromatic carbocycles. The maximum Gasteiger partial charge on any atom is 0.337 e. The van der Waals surface area contributed by atoms with Crippen molar-refractivity contribution in [3.05, 3.63) is 132 Å². The molecule has 1 aliphatic rings. The highest BCUT2D eigenvalue weighted by molar-refractivity contribution is 7.80. The van der Waals surface area contributed by atoms with Crippen LogP contribution in [0.1, 0.15) is 33.8 Å². The van der Waals surface area contributed by atoms with E-state index >= 15 is 0 Å². The minimum absolute atomic E-state index is 0.211. The molecule has 0 aliphatic carbocycles. The molecule has 0 bridgehead atoms. The number of esters is 1. The van der Waals surface area contributed by atoms with Crippen LogP contribution in [0.25, 0.3) is 5.69 Å². The number of nitrogens with one attached hydrogen (secondary N) is 1. The predicted molar refractivity (Wildman–Crippen MR) is 165 cm³/mol. The van der Waals surface area contributed by atoms with Gasteiger partial charge in [-0.2, -0.15) is 0 Å². The summed E-state index contributed by atoms with van der Waals surface area (Å²) in [4.78, 5) is 18.8. The summed E-state index contributed by atoms with van der Waals surface area (Å²) in [5.41, 5.74) is 4.18. The molecule has 5 aromatic rings. The Kier molecular flexibility index (Phi) is 7.57. The summed E-state index contributed by atoms with van der Waals surface area (Å²) in [6.45, 7) is 0. The van der Waals surface area contributed by atoms with Crippen LogP contribution in [-0.4, -0.2) is 34.9 Å². The molecule has 0 spiro atoms. The summed E-state index contributed by atoms with van der Waals surface area (Å²) >= 11 is 5.91. The number of carbonyl (C=O) groups is 1. The van der Waals surface area contributed by atoms with Gasteiger partial charge in [0.25, 0.3) is 0 Å². The second-order valence-corrected chi connectivity index (χ2v) is 10.00. The lowest BCUT2D eigenvalue weighted by molar-refractivity contribution is 0.0600. The number of benzene rings is 3. The van der Waals surface area contributed by atoms with Gasteiger partial charge in [0, 0.05) is 29.5 Å². The fraction of sp³-hybridized carbons (Fsp3) is 0.121. The van der Waals surface area contributed by atoms with Crippen molar-refractivity contribution < 1.29 is 19.0 Å². The van der Waals surface area contributed by atoms with E-state index in [4.69, 9.17) is 26.4 Å². The molecule has 1 saturated heterocycles. The Morgan fingerprint density at radius 1 is 0.810 bits per heavy atom. The molecule has 3 heterocycles. The molecule has 2 atom stereocenters. The van der Waals surface area contributed by atoms with Crippen LogP contribution in [0.3, 0.4) is 0 Å². The molecule has 2 aromatic heterocycles. The standard InChI is InChI=1S/C33H28N4O4S/c1-39-25-16-18-27(19-17-25)41-26-14-12-24(13-15-26)37-31(30(35-33(37)42)28-6-3-4-20-34-28)29-7-5-21-36(29)23-10-8-22(9-11-23)32(38)40-2/h3-21,30-31H,1-2H3,(H,35,42)/t30-,31+/m0/s1. The minimum atomic E-state index is -0.375. The third-order valence-electron chi connectivity index (χ3n) is 7.16. The second-order valence-electron chi connectivity index (χ2n) is 9.61. The van der Waals surface area contributed by atoms with Crippen LogP contribution in [-0.2, 0) is 4.74 Å². The Labute approximate surface area is 249 Å². The van der Waals surface area contributed by atoms with Crippen molar-refractivity contribution in [3.63, 3.8) is 0 Å². The van der Waals surface area contributed by atoms with Gasteiger partial charge in [-0.25, -0.2) is 4.79 Å². The number of carbonyl (C=O) groups excluding carboxylic acids is 1. The van der Waals surface area contributed by atoms with Gasteiger partial charge in [-0.15, -0.1) is 0 Å². The minimum Gasteiger partial charge on any atom is -0.497 e. The molecule has 210 valence electrons. The highest BCUT2D eigenvalue weighted by Gasteiger charge is 2.42. The second kappa shape index (κ2) is 11.8. The van der Waals surface area contributed by atoms with Crippen LogP contribution in [0.2, 0.25) is 0 Å². The zero-order chi connectivity index (χ0) is 29.1. The van der Waals surface area contributed by atoms with Gasteiger partial charge < -0.3 is 29.0 Å². The van der Waals surface area contributed by atoms with Crippen molar-refractivity contribution in [3.8, 4) is 22.9 Å². The average Bonchev–Trinajstić information content (AvgIpc) is 3.66. The lowest BCUT2D eigenvalue weighted by Gasteiger charge is -2.29. The van der Waals surface area contributed by atoms with Gasteiger partial charge >= 0.3 is 5.97 Å². The normalized spacial score (nSPS) is 16.1. The van der Waals surface area contributed by atoms with Crippen molar-refractivity contribution in [1.29, 1.82) is 0 Å². The lowest BCUT2D eigenvalue weighted by Crippen LogP contribution is -2.30. The summed E-state index contributed by atoms with van der Waals surface area (Å²) in [5, 5.41) is 4.10. The van der Waals surface area contributed by atoms with E-state index in [2.05, 4.69) is 25.8 Å². The molecule has 9 heteroatoms. The van der Waals surface area contributed by atoms with Crippen LogP contribution in [0, 0.1) is 0 Å². The summed E-state index contributed by atoms with van der Waals surface area (Å²) in [6, 6.07) is 32.2. The number of thiocarbonyl (C=S) groups is 1. The number of hydrogen-bond acceptors (Lipinski definition) is 6. The van der Waals surface area contributed by atoms with E-state index in [1.807, 2.05) is 91.1 Å². The molecule has 1 N–H and O–H groups in total. The molecule has 1 fully saturated rings. The summed E-state index contributed by atoms with van der Waals surface area (Å²) in [6.07, 6.45) is 3.79. The van der Waals surface area contributed by atoms with Gasteiger partial charge in [0.05, 0.1) is 31.5 Å². The number of nitrogens with zero attached hydrogens (tertiary/aromatic N) is 3. The first-order chi connectivity index (χ1) is 20.6. The van der Waals surface area contributed by atoms with E-state index < -0.39 is 0 Å². The van der Waals surface area contributed by atoms with Gasteiger partial charge in [0.2, 0.25) is 0 Å². The van der Waals surface area contributed by atoms with E-state index in [0.29, 0.717) is 22.2 Å². The Balaban J connectivity index is 1.35. The van der Waals surface area contributed by atoms with E-state index in [9.17, 15) is 4.79 Å². The zero-order valence-electron chi connectivity index (χ0n) is 23.0. The Hall–Kier alpha value is -5.15. The molecule has 42 heavy (non-hydrogen) atoms. The Morgan fingerprint density at radius 2 is 1.48 bits per heavy atom. The van der Waals surface area contributed by atoms with E-state index in [1.54, 1.807) is 25.4 Å². The average molecular weight is 577 g/mol. The van der Waals surface area contributed by atoms with E-state index in [-0.39, 0.29) is 18.1 Å². The lowest BCUT2D eigenvalue weighted by atomic mass is 10.0. The van der Waals surface area contributed by atoms with Crippen LogP contribution < -0.4 is 19.7 Å². The highest BCUT2D eigenvalue weighted by atomic mass is 32.1. The molecular formula is C33H28N4O4S. The van der Waals surface area contributed by atoms with E-state index in [1.165, 1.54) is 7.11 Å². The van der Waals surface area contributed by atoms with Crippen LogP contribution in [0.15, 0.2) is 116 Å². The third kappa shape index (κ3) is 5.29. The molecule has 0 radical (unpaired) electrons. The smallest absolute Gasteiger partial charge is 0.337 e. The topological polar surface area (TPSA) is 77.9 Å². The fourth-order valence-corrected chi connectivity index (χ4v) is 5.48. The maximum absolute atomic E-state index is 12.0. The monoisotopic (exact) mass is 576 g/mol. The maximum atomic E-state index is 12.0. The summed E-state index contributed by atoms with van der Waals surface area (Å²) in [5.74, 6) is 1.81. The van der Waals surface area contributed by atoms with Crippen molar-refractivity contribution >= 4 is 29.0 Å². The van der Waals surface area contributed by atoms with Gasteiger partial charge in [-0.3, -0.25) is 4.98 Å². The molecular weight excluding hydrogens is 548 g/mol. The highest BCUT2D eigenvalue weighted by Crippen LogP contribution is 2.42. The number of hydrogen-bond donors (Lipinski definition) is 1. The number of methoxy groups -OCH3 is 2. The van der Waals surface area contributed by atoms with Crippen LogP contribution in [0.5, 0.6) is 17.2 Å². The molecule has 1 aliphatic heterocycles. The molecule has 0 saturated carbocycles. The summed E-state index contributed by atoms with van der Waals surface area (Å²) < 4.78 is 18.3. The van der Waals surface area contributed by atoms with Gasteiger partial charge in [-0.05, 0) is 109 Å². The zero-order valence-corrected chi connectivity index (χ0v) is 23.8. The van der Waals surface area contributed by atoms with Crippen molar-refractivity contribution in [2.24, 2.45) is 0 Å². The first kappa shape index (κ1) is 27.0. The largest absolute Gasteiger partial charge is 0.497 e. The molecule has 0 unspecified atom stereocenters. The number of ether oxygens (including phenoxy) is 3. The number of pyridine rings is 1. The fourth-order valence-electron chi connectivity index (χ4n) is 5.13. The number of aromatic nitrogens is 2. The Morgan fingerprint density at radius 3 is 2.12 bits per heavy atom. The quantitative estimate of drug-likeness (QED) is 0.163. The number of anilines is 1. The first-order valence-corrected chi connectivity index (χ1v) is 13.7. The van der Waals surface area contributed by atoms with Crippen molar-refractivity contribution in [2.45, 2.75) is 12.1 Å². The summed E-state index contributed by atoms with van der Waals surface area (Å²) in [7, 11) is 3.01. The first-order valence-electron chi connectivity index (χ1n) is 13.3. The van der Waals surface area contributed by atoms with Gasteiger partial charge in [0.15, 0.2) is 5.11 Å². The molecule has 0 amide bonds. The molecule has 6 rings (SSSR count). The van der Waals surface area contributed by atoms with Crippen LogP contribution in [0.4, 0.5) is 5.69 Å². The predicted octanol–water partition coefficient (Wildman–Crippen LogP) is 6.64. The SMILES string of the molecule is COC(=O)c1ccc(-n2cccc2[C@@H]2[C@H](c3ccccn3)NC(=S)N2c2ccc(Oc3ccc(OC)cc3)cc2)cc1. The molecule has 8 nitrogen and oxygen atoms in total. The van der Waals surface area contributed by atoms with Crippen molar-refractivity contribution in [1.82, 2.24) is 14.9 Å². The van der Waals surface area contributed by atoms with Gasteiger partial charge in [-0.1, -0.05) is 6.07 Å². The Bertz CT molecular complexity index is 1690. The van der Waals surface area contributed by atoms with E-state index in [0.717, 1.165) is 28.5 Å². The van der Waals surface area contributed by atoms with Crippen LogP contribution >= 0.6 is 12.2 Å². The third-order valence-corrected chi connectivity index (χ3v) is 7.47. The van der Waals surface area contributed by atoms with Crippen molar-refractivity contribution in [2.75, 3.05) is 19.1 Å².